The fraction of sp³-hybridized carbons (Fsp3) is 0.286. The van der Waals surface area contributed by atoms with E-state index in [0.717, 1.165) is 0 Å². The average Bonchev–Trinajstić information content (AvgIpc) is 2.78. The van der Waals surface area contributed by atoms with Gasteiger partial charge in [-0.05, 0) is 27.0 Å². The first-order chi connectivity index (χ1) is 9.79. The molecule has 1 aromatic carbocycles. The van der Waals surface area contributed by atoms with Gasteiger partial charge in [0.15, 0.2) is 23.3 Å². The smallest absolute Gasteiger partial charge is 0.200 e. The predicted molar refractivity (Wildman–Crippen MR) is 65.3 cm³/mol. The second-order valence-corrected chi connectivity index (χ2v) is 4.57. The molecule has 0 saturated heterocycles. The molecule has 0 fully saturated rings. The Morgan fingerprint density at radius 3 is 1.76 bits per heavy atom. The molecule has 0 spiro atoms. The SMILES string of the molecule is CNC(c1cc(C)oc1C)c1c(F)c(F)c(F)c(F)c1F. The zero-order chi connectivity index (χ0) is 15.9. The van der Waals surface area contributed by atoms with Crippen LogP contribution < -0.4 is 5.32 Å². The molecule has 0 bridgehead atoms. The number of nitrogens with one attached hydrogen (secondary N) is 1. The largest absolute Gasteiger partial charge is 0.466 e. The Labute approximate surface area is 117 Å². The minimum absolute atomic E-state index is 0.304. The van der Waals surface area contributed by atoms with E-state index in [1.54, 1.807) is 13.8 Å². The van der Waals surface area contributed by atoms with E-state index in [1.165, 1.54) is 13.1 Å². The van der Waals surface area contributed by atoms with E-state index >= 15 is 0 Å². The first-order valence-corrected chi connectivity index (χ1v) is 6.05. The Bertz CT molecular complexity index is 666. The van der Waals surface area contributed by atoms with E-state index in [0.29, 0.717) is 17.1 Å². The summed E-state index contributed by atoms with van der Waals surface area (Å²) in [6.07, 6.45) is 0. The van der Waals surface area contributed by atoms with Crippen LogP contribution in [-0.4, -0.2) is 7.05 Å². The molecule has 7 heteroatoms. The quantitative estimate of drug-likeness (QED) is 0.528. The van der Waals surface area contributed by atoms with Gasteiger partial charge in [-0.2, -0.15) is 0 Å². The lowest BCUT2D eigenvalue weighted by molar-refractivity contribution is 0.363. The van der Waals surface area contributed by atoms with Gasteiger partial charge in [-0.1, -0.05) is 0 Å². The van der Waals surface area contributed by atoms with Gasteiger partial charge in [-0.15, -0.1) is 0 Å². The molecule has 1 atom stereocenters. The zero-order valence-electron chi connectivity index (χ0n) is 11.5. The van der Waals surface area contributed by atoms with E-state index < -0.39 is 40.7 Å². The van der Waals surface area contributed by atoms with Crippen molar-refractivity contribution in [1.82, 2.24) is 5.32 Å². The molecule has 114 valence electrons. The maximum absolute atomic E-state index is 13.9. The minimum atomic E-state index is -2.18. The summed E-state index contributed by atoms with van der Waals surface area (Å²) in [4.78, 5) is 0. The molecule has 1 unspecified atom stereocenters. The summed E-state index contributed by atoms with van der Waals surface area (Å²) < 4.78 is 72.7. The third-order valence-corrected chi connectivity index (χ3v) is 3.21. The summed E-state index contributed by atoms with van der Waals surface area (Å²) in [5, 5.41) is 2.55. The Kier molecular flexibility index (Phi) is 4.04. The maximum Gasteiger partial charge on any atom is 0.200 e. The van der Waals surface area contributed by atoms with Gasteiger partial charge in [-0.3, -0.25) is 0 Å². The van der Waals surface area contributed by atoms with Crippen LogP contribution in [0.5, 0.6) is 0 Å². The van der Waals surface area contributed by atoms with Crippen LogP contribution >= 0.6 is 0 Å². The molecule has 2 aromatic rings. The average molecular weight is 305 g/mol. The fourth-order valence-corrected chi connectivity index (χ4v) is 2.27. The molecule has 1 heterocycles. The molecule has 1 aromatic heterocycles. The van der Waals surface area contributed by atoms with Gasteiger partial charge in [0.05, 0.1) is 11.6 Å². The van der Waals surface area contributed by atoms with Crippen molar-refractivity contribution < 1.29 is 26.4 Å². The Morgan fingerprint density at radius 2 is 1.38 bits per heavy atom. The van der Waals surface area contributed by atoms with Crippen molar-refractivity contribution in [2.45, 2.75) is 19.9 Å². The third-order valence-electron chi connectivity index (χ3n) is 3.21. The van der Waals surface area contributed by atoms with E-state index in [1.807, 2.05) is 0 Å². The first-order valence-electron chi connectivity index (χ1n) is 6.05. The Morgan fingerprint density at radius 1 is 0.905 bits per heavy atom. The van der Waals surface area contributed by atoms with Crippen molar-refractivity contribution >= 4 is 0 Å². The number of benzene rings is 1. The van der Waals surface area contributed by atoms with Gasteiger partial charge < -0.3 is 9.73 Å². The van der Waals surface area contributed by atoms with Gasteiger partial charge in [0, 0.05) is 5.56 Å². The van der Waals surface area contributed by atoms with Crippen LogP contribution in [-0.2, 0) is 0 Å². The molecule has 0 aliphatic heterocycles. The molecule has 2 rings (SSSR count). The standard InChI is InChI=1S/C14H12F5NO/c1-5-4-7(6(2)21-5)14(20-3)8-9(15)11(17)13(19)12(18)10(8)16/h4,14,20H,1-3H3. The Hall–Kier alpha value is -1.89. The third kappa shape index (κ3) is 2.42. The highest BCUT2D eigenvalue weighted by atomic mass is 19.2. The van der Waals surface area contributed by atoms with Crippen LogP contribution in [0.3, 0.4) is 0 Å². The number of hydrogen-bond donors (Lipinski definition) is 1. The van der Waals surface area contributed by atoms with Gasteiger partial charge in [0.2, 0.25) is 5.82 Å². The molecule has 21 heavy (non-hydrogen) atoms. The molecule has 0 saturated carbocycles. The van der Waals surface area contributed by atoms with Crippen LogP contribution in [0.4, 0.5) is 22.0 Å². The van der Waals surface area contributed by atoms with Crippen LogP contribution in [0.25, 0.3) is 0 Å². The van der Waals surface area contributed by atoms with Crippen LogP contribution in [0.15, 0.2) is 10.5 Å². The topological polar surface area (TPSA) is 25.2 Å². The summed E-state index contributed by atoms with van der Waals surface area (Å²) in [6, 6.07) is 0.265. The molecule has 0 radical (unpaired) electrons. The molecule has 2 nitrogen and oxygen atoms in total. The van der Waals surface area contributed by atoms with Gasteiger partial charge >= 0.3 is 0 Å². The zero-order valence-corrected chi connectivity index (χ0v) is 11.5. The second-order valence-electron chi connectivity index (χ2n) is 4.57. The highest BCUT2D eigenvalue weighted by molar-refractivity contribution is 5.37. The van der Waals surface area contributed by atoms with Crippen molar-refractivity contribution in [2.24, 2.45) is 0 Å². The first kappa shape index (κ1) is 15.5. The number of furan rings is 1. The van der Waals surface area contributed by atoms with Crippen molar-refractivity contribution in [3.63, 3.8) is 0 Å². The van der Waals surface area contributed by atoms with E-state index in [2.05, 4.69) is 5.32 Å². The highest BCUT2D eigenvalue weighted by Gasteiger charge is 2.31. The van der Waals surface area contributed by atoms with Gasteiger partial charge in [0.1, 0.15) is 11.5 Å². The highest BCUT2D eigenvalue weighted by Crippen LogP contribution is 2.33. The number of hydrogen-bond acceptors (Lipinski definition) is 2. The van der Waals surface area contributed by atoms with Crippen molar-refractivity contribution in [3.8, 4) is 0 Å². The fourth-order valence-electron chi connectivity index (χ4n) is 2.27. The van der Waals surface area contributed by atoms with E-state index in [9.17, 15) is 22.0 Å². The van der Waals surface area contributed by atoms with Crippen molar-refractivity contribution in [2.75, 3.05) is 7.05 Å². The lowest BCUT2D eigenvalue weighted by Crippen LogP contribution is -2.23. The molecular weight excluding hydrogens is 293 g/mol. The van der Waals surface area contributed by atoms with E-state index in [-0.39, 0.29) is 0 Å². The molecule has 0 aliphatic rings. The second kappa shape index (κ2) is 5.48. The van der Waals surface area contributed by atoms with Gasteiger partial charge in [0.25, 0.3) is 0 Å². The van der Waals surface area contributed by atoms with Crippen LogP contribution in [0.2, 0.25) is 0 Å². The normalized spacial score (nSPS) is 12.8. The number of rotatable bonds is 3. The summed E-state index contributed by atoms with van der Waals surface area (Å²) in [6.45, 7) is 3.15. The van der Waals surface area contributed by atoms with Crippen LogP contribution in [0, 0.1) is 42.9 Å². The molecule has 0 amide bonds. The number of aryl methyl sites for hydroxylation is 2. The monoisotopic (exact) mass is 305 g/mol. The summed E-state index contributed by atoms with van der Waals surface area (Å²) >= 11 is 0. The molecule has 0 aliphatic carbocycles. The number of halogens is 5. The van der Waals surface area contributed by atoms with E-state index in [4.69, 9.17) is 4.42 Å². The van der Waals surface area contributed by atoms with Gasteiger partial charge in [-0.25, -0.2) is 22.0 Å². The lowest BCUT2D eigenvalue weighted by atomic mass is 9.97. The lowest BCUT2D eigenvalue weighted by Gasteiger charge is -2.18. The van der Waals surface area contributed by atoms with Crippen molar-refractivity contribution in [1.29, 1.82) is 0 Å². The maximum atomic E-state index is 13.9. The summed E-state index contributed by atoms with van der Waals surface area (Å²) in [5.41, 5.74) is -0.629. The predicted octanol–water partition coefficient (Wildman–Crippen LogP) is 3.90. The minimum Gasteiger partial charge on any atom is -0.466 e. The summed E-state index contributed by atoms with van der Waals surface area (Å²) in [5.74, 6) is -9.04. The molecular formula is C14H12F5NO. The van der Waals surface area contributed by atoms with Crippen molar-refractivity contribution in [3.05, 3.63) is 57.8 Å². The van der Waals surface area contributed by atoms with Crippen LogP contribution in [0.1, 0.15) is 28.7 Å². The summed E-state index contributed by atoms with van der Waals surface area (Å²) in [7, 11) is 1.35. The molecule has 1 N–H and O–H groups in total. The Balaban J connectivity index is 2.72.